The Hall–Kier alpha value is -0.0800. The lowest BCUT2D eigenvalue weighted by molar-refractivity contribution is 0.0638. The van der Waals surface area contributed by atoms with Crippen molar-refractivity contribution in [3.05, 3.63) is 0 Å². The van der Waals surface area contributed by atoms with Crippen LogP contribution in [0.2, 0.25) is 0 Å². The van der Waals surface area contributed by atoms with Gasteiger partial charge in [0.1, 0.15) is 0 Å². The molecule has 2 heteroatoms. The van der Waals surface area contributed by atoms with Crippen LogP contribution in [0.3, 0.4) is 0 Å². The Morgan fingerprint density at radius 1 is 1.33 bits per heavy atom. The van der Waals surface area contributed by atoms with Crippen molar-refractivity contribution in [2.24, 2.45) is 5.92 Å². The molecule has 0 bridgehead atoms. The molecule has 0 radical (unpaired) electrons. The highest BCUT2D eigenvalue weighted by Crippen LogP contribution is 2.17. The summed E-state index contributed by atoms with van der Waals surface area (Å²) in [6.07, 6.45) is 3.85. The lowest BCUT2D eigenvalue weighted by Crippen LogP contribution is -2.27. The summed E-state index contributed by atoms with van der Waals surface area (Å²) in [7, 11) is 0. The van der Waals surface area contributed by atoms with Crippen molar-refractivity contribution >= 4 is 0 Å². The van der Waals surface area contributed by atoms with E-state index in [-0.39, 0.29) is 0 Å². The van der Waals surface area contributed by atoms with Crippen LogP contribution in [-0.4, -0.2) is 25.8 Å². The summed E-state index contributed by atoms with van der Waals surface area (Å²) in [6.45, 7) is 7.52. The van der Waals surface area contributed by atoms with Crippen molar-refractivity contribution in [2.45, 2.75) is 39.2 Å². The molecule has 0 saturated carbocycles. The predicted molar refractivity (Wildman–Crippen MR) is 51.3 cm³/mol. The Balaban J connectivity index is 1.98. The van der Waals surface area contributed by atoms with Gasteiger partial charge in [-0.25, -0.2) is 0 Å². The third kappa shape index (κ3) is 4.07. The zero-order valence-electron chi connectivity index (χ0n) is 8.31. The van der Waals surface area contributed by atoms with Crippen molar-refractivity contribution in [1.29, 1.82) is 0 Å². The highest BCUT2D eigenvalue weighted by atomic mass is 16.5. The summed E-state index contributed by atoms with van der Waals surface area (Å²) in [5.41, 5.74) is 0. The van der Waals surface area contributed by atoms with E-state index >= 15 is 0 Å². The maximum Gasteiger partial charge on any atom is 0.0468 e. The molecule has 0 unspecified atom stereocenters. The summed E-state index contributed by atoms with van der Waals surface area (Å²) < 4.78 is 5.31. The molecule has 1 rings (SSSR count). The Morgan fingerprint density at radius 2 is 2.00 bits per heavy atom. The molecule has 0 spiro atoms. The Labute approximate surface area is 75.7 Å². The second kappa shape index (κ2) is 5.55. The molecule has 0 aromatic rings. The van der Waals surface area contributed by atoms with E-state index in [0.717, 1.165) is 19.1 Å². The first-order valence-electron chi connectivity index (χ1n) is 5.10. The zero-order valence-corrected chi connectivity index (χ0v) is 8.31. The minimum absolute atomic E-state index is 0.629. The fraction of sp³-hybridized carbons (Fsp3) is 1.00. The van der Waals surface area contributed by atoms with Crippen molar-refractivity contribution in [1.82, 2.24) is 5.32 Å². The monoisotopic (exact) mass is 171 g/mol. The Morgan fingerprint density at radius 3 is 2.58 bits per heavy atom. The van der Waals surface area contributed by atoms with E-state index in [2.05, 4.69) is 19.2 Å². The molecule has 72 valence electrons. The van der Waals surface area contributed by atoms with Gasteiger partial charge >= 0.3 is 0 Å². The molecule has 0 aromatic carbocycles. The lowest BCUT2D eigenvalue weighted by atomic mass is 9.96. The SMILES string of the molecule is CC(C)NCCC1CCOCC1. The smallest absolute Gasteiger partial charge is 0.0468 e. The third-order valence-corrected chi connectivity index (χ3v) is 2.45. The minimum atomic E-state index is 0.629. The van der Waals surface area contributed by atoms with E-state index in [1.54, 1.807) is 0 Å². The van der Waals surface area contributed by atoms with E-state index in [4.69, 9.17) is 4.74 Å². The van der Waals surface area contributed by atoms with E-state index in [0.29, 0.717) is 6.04 Å². The first-order valence-corrected chi connectivity index (χ1v) is 5.10. The maximum atomic E-state index is 5.31. The van der Waals surface area contributed by atoms with Crippen LogP contribution in [0, 0.1) is 5.92 Å². The van der Waals surface area contributed by atoms with Gasteiger partial charge in [0.05, 0.1) is 0 Å². The molecule has 12 heavy (non-hydrogen) atoms. The van der Waals surface area contributed by atoms with Crippen LogP contribution in [0.15, 0.2) is 0 Å². The summed E-state index contributed by atoms with van der Waals surface area (Å²) in [5, 5.41) is 3.45. The van der Waals surface area contributed by atoms with Gasteiger partial charge in [0.15, 0.2) is 0 Å². The first-order chi connectivity index (χ1) is 5.79. The van der Waals surface area contributed by atoms with Crippen LogP contribution in [0.5, 0.6) is 0 Å². The molecule has 1 saturated heterocycles. The first kappa shape index (κ1) is 10.0. The van der Waals surface area contributed by atoms with E-state index in [1.165, 1.54) is 25.8 Å². The summed E-state index contributed by atoms with van der Waals surface area (Å²) >= 11 is 0. The maximum absolute atomic E-state index is 5.31. The van der Waals surface area contributed by atoms with Gasteiger partial charge in [-0.05, 0) is 31.7 Å². The summed E-state index contributed by atoms with van der Waals surface area (Å²) in [6, 6.07) is 0.629. The molecule has 2 nitrogen and oxygen atoms in total. The van der Waals surface area contributed by atoms with Crippen LogP contribution in [0.4, 0.5) is 0 Å². The number of hydrogen-bond acceptors (Lipinski definition) is 2. The minimum Gasteiger partial charge on any atom is -0.381 e. The van der Waals surface area contributed by atoms with Crippen LogP contribution in [0.25, 0.3) is 0 Å². The van der Waals surface area contributed by atoms with E-state index < -0.39 is 0 Å². The van der Waals surface area contributed by atoms with Crippen molar-refractivity contribution in [2.75, 3.05) is 19.8 Å². The van der Waals surface area contributed by atoms with Gasteiger partial charge in [0.25, 0.3) is 0 Å². The summed E-state index contributed by atoms with van der Waals surface area (Å²) in [4.78, 5) is 0. The van der Waals surface area contributed by atoms with Crippen molar-refractivity contribution in [3.63, 3.8) is 0 Å². The van der Waals surface area contributed by atoms with E-state index in [9.17, 15) is 0 Å². The van der Waals surface area contributed by atoms with Gasteiger partial charge in [0.2, 0.25) is 0 Å². The van der Waals surface area contributed by atoms with Gasteiger partial charge in [-0.15, -0.1) is 0 Å². The Kier molecular flexibility index (Phi) is 4.62. The number of rotatable bonds is 4. The normalized spacial score (nSPS) is 20.2. The molecule has 1 N–H and O–H groups in total. The number of nitrogens with one attached hydrogen (secondary N) is 1. The van der Waals surface area contributed by atoms with Crippen molar-refractivity contribution < 1.29 is 4.74 Å². The predicted octanol–water partition coefficient (Wildman–Crippen LogP) is 1.80. The van der Waals surface area contributed by atoms with Gasteiger partial charge in [-0.3, -0.25) is 0 Å². The van der Waals surface area contributed by atoms with Crippen LogP contribution in [0.1, 0.15) is 33.1 Å². The molecule has 1 heterocycles. The molecule has 0 amide bonds. The highest BCUT2D eigenvalue weighted by molar-refractivity contribution is 4.65. The zero-order chi connectivity index (χ0) is 8.81. The van der Waals surface area contributed by atoms with Crippen LogP contribution < -0.4 is 5.32 Å². The lowest BCUT2D eigenvalue weighted by Gasteiger charge is -2.22. The average molecular weight is 171 g/mol. The van der Waals surface area contributed by atoms with Gasteiger partial charge in [-0.2, -0.15) is 0 Å². The van der Waals surface area contributed by atoms with Gasteiger partial charge in [0, 0.05) is 19.3 Å². The number of hydrogen-bond donors (Lipinski definition) is 1. The van der Waals surface area contributed by atoms with Crippen molar-refractivity contribution in [3.8, 4) is 0 Å². The second-order valence-corrected chi connectivity index (χ2v) is 3.95. The average Bonchev–Trinajstić information content (AvgIpc) is 2.05. The molecular formula is C10H21NO. The molecule has 1 aliphatic rings. The quantitative estimate of drug-likeness (QED) is 0.696. The number of ether oxygens (including phenoxy) is 1. The molecule has 1 aliphatic heterocycles. The van der Waals surface area contributed by atoms with Crippen LogP contribution in [-0.2, 0) is 4.74 Å². The largest absolute Gasteiger partial charge is 0.381 e. The molecular weight excluding hydrogens is 150 g/mol. The molecule has 0 atom stereocenters. The Bertz CT molecular complexity index is 108. The summed E-state index contributed by atoms with van der Waals surface area (Å²) in [5.74, 6) is 0.907. The molecule has 0 aromatic heterocycles. The van der Waals surface area contributed by atoms with Gasteiger partial charge in [-0.1, -0.05) is 13.8 Å². The fourth-order valence-corrected chi connectivity index (χ4v) is 1.61. The molecule has 1 fully saturated rings. The fourth-order valence-electron chi connectivity index (χ4n) is 1.61. The topological polar surface area (TPSA) is 21.3 Å². The second-order valence-electron chi connectivity index (χ2n) is 3.95. The third-order valence-electron chi connectivity index (χ3n) is 2.45. The molecule has 0 aliphatic carbocycles. The highest BCUT2D eigenvalue weighted by Gasteiger charge is 2.12. The standard InChI is InChI=1S/C10H21NO/c1-9(2)11-6-3-10-4-7-12-8-5-10/h9-11H,3-8H2,1-2H3. The van der Waals surface area contributed by atoms with E-state index in [1.807, 2.05) is 0 Å². The van der Waals surface area contributed by atoms with Gasteiger partial charge < -0.3 is 10.1 Å². The van der Waals surface area contributed by atoms with Crippen LogP contribution >= 0.6 is 0 Å².